The van der Waals surface area contributed by atoms with Crippen LogP contribution in [-0.4, -0.2) is 31.2 Å². The Morgan fingerprint density at radius 2 is 1.89 bits per heavy atom. The minimum absolute atomic E-state index is 0.323. The molecule has 0 aliphatic heterocycles. The van der Waals surface area contributed by atoms with E-state index in [0.29, 0.717) is 29.1 Å². The van der Waals surface area contributed by atoms with Gasteiger partial charge in [-0.15, -0.1) is 0 Å². The highest BCUT2D eigenvalue weighted by Gasteiger charge is 2.21. The molecule has 6 heteroatoms. The van der Waals surface area contributed by atoms with Crippen LogP contribution in [0.4, 0.5) is 0 Å². The predicted octanol–water partition coefficient (Wildman–Crippen LogP) is 2.28. The first-order valence-electron chi connectivity index (χ1n) is 6.70. The molecule has 2 aromatic heterocycles. The standard InChI is InChI=1S/C13H17ClN4O/c14-12-11-13(16-7-15-12)18(8-17-11)5-9-1-3-10(6-19)4-2-9/h7-10,19H,1-6H2. The topological polar surface area (TPSA) is 63.8 Å². The van der Waals surface area contributed by atoms with Gasteiger partial charge in [0, 0.05) is 13.2 Å². The number of fused-ring (bicyclic) bond motifs is 1. The van der Waals surface area contributed by atoms with Crippen LogP contribution in [0.5, 0.6) is 0 Å². The Morgan fingerprint density at radius 3 is 2.63 bits per heavy atom. The minimum atomic E-state index is 0.323. The van der Waals surface area contributed by atoms with Crippen molar-refractivity contribution in [2.24, 2.45) is 11.8 Å². The third-order valence-corrected chi connectivity index (χ3v) is 4.31. The van der Waals surface area contributed by atoms with E-state index in [1.54, 1.807) is 6.33 Å². The molecular formula is C13H17ClN4O. The molecule has 19 heavy (non-hydrogen) atoms. The van der Waals surface area contributed by atoms with Crippen molar-refractivity contribution in [2.75, 3.05) is 6.61 Å². The average Bonchev–Trinajstić information content (AvgIpc) is 2.84. The van der Waals surface area contributed by atoms with Crippen molar-refractivity contribution in [1.82, 2.24) is 19.5 Å². The Balaban J connectivity index is 1.74. The molecule has 1 aliphatic carbocycles. The first kappa shape index (κ1) is 12.8. The average molecular weight is 281 g/mol. The van der Waals surface area contributed by atoms with E-state index in [0.717, 1.165) is 37.9 Å². The van der Waals surface area contributed by atoms with Crippen LogP contribution in [0.15, 0.2) is 12.7 Å². The molecule has 1 N–H and O–H groups in total. The van der Waals surface area contributed by atoms with Crippen LogP contribution in [0.1, 0.15) is 25.7 Å². The maximum Gasteiger partial charge on any atom is 0.164 e. The van der Waals surface area contributed by atoms with Crippen LogP contribution in [0.3, 0.4) is 0 Å². The molecule has 0 amide bonds. The van der Waals surface area contributed by atoms with Crippen LogP contribution in [0, 0.1) is 11.8 Å². The van der Waals surface area contributed by atoms with Gasteiger partial charge in [-0.25, -0.2) is 15.0 Å². The zero-order valence-corrected chi connectivity index (χ0v) is 11.4. The van der Waals surface area contributed by atoms with E-state index in [9.17, 15) is 0 Å². The number of aliphatic hydroxyl groups excluding tert-OH is 1. The SMILES string of the molecule is OCC1CCC(Cn2cnc3c(Cl)ncnc32)CC1. The summed E-state index contributed by atoms with van der Waals surface area (Å²) in [5, 5.41) is 9.57. The maximum atomic E-state index is 9.16. The summed E-state index contributed by atoms with van der Waals surface area (Å²) in [6, 6.07) is 0. The summed E-state index contributed by atoms with van der Waals surface area (Å²) in [5.74, 6) is 1.13. The first-order valence-corrected chi connectivity index (χ1v) is 7.08. The van der Waals surface area contributed by atoms with Gasteiger partial charge in [-0.3, -0.25) is 0 Å². The Morgan fingerprint density at radius 1 is 1.16 bits per heavy atom. The molecule has 2 aromatic rings. The quantitative estimate of drug-likeness (QED) is 0.876. The molecule has 3 rings (SSSR count). The lowest BCUT2D eigenvalue weighted by molar-refractivity contribution is 0.161. The van der Waals surface area contributed by atoms with Gasteiger partial charge < -0.3 is 9.67 Å². The summed E-state index contributed by atoms with van der Waals surface area (Å²) in [7, 11) is 0. The Kier molecular flexibility index (Phi) is 3.66. The molecule has 5 nitrogen and oxygen atoms in total. The monoisotopic (exact) mass is 280 g/mol. The summed E-state index contributed by atoms with van der Waals surface area (Å²) in [6.45, 7) is 1.24. The Hall–Kier alpha value is -1.20. The summed E-state index contributed by atoms with van der Waals surface area (Å²) < 4.78 is 2.06. The van der Waals surface area contributed by atoms with Crippen LogP contribution in [0.2, 0.25) is 5.15 Å². The number of nitrogens with zero attached hydrogens (tertiary/aromatic N) is 4. The molecule has 1 fully saturated rings. The molecule has 0 spiro atoms. The van der Waals surface area contributed by atoms with Crippen LogP contribution in [-0.2, 0) is 6.54 Å². The fraction of sp³-hybridized carbons (Fsp3) is 0.615. The van der Waals surface area contributed by atoms with E-state index in [1.165, 1.54) is 6.33 Å². The number of imidazole rings is 1. The largest absolute Gasteiger partial charge is 0.396 e. The van der Waals surface area contributed by atoms with Gasteiger partial charge in [0.15, 0.2) is 10.8 Å². The molecule has 0 aromatic carbocycles. The minimum Gasteiger partial charge on any atom is -0.396 e. The number of aliphatic hydroxyl groups is 1. The van der Waals surface area contributed by atoms with Gasteiger partial charge in [-0.05, 0) is 37.5 Å². The molecule has 2 heterocycles. The maximum absolute atomic E-state index is 9.16. The van der Waals surface area contributed by atoms with E-state index in [4.69, 9.17) is 16.7 Å². The molecule has 0 unspecified atom stereocenters. The normalized spacial score (nSPS) is 23.9. The highest BCUT2D eigenvalue weighted by atomic mass is 35.5. The predicted molar refractivity (Wildman–Crippen MR) is 72.9 cm³/mol. The van der Waals surface area contributed by atoms with Crippen LogP contribution in [0.25, 0.3) is 11.2 Å². The third-order valence-electron chi connectivity index (χ3n) is 4.04. The molecule has 1 aliphatic rings. The second-order valence-corrected chi connectivity index (χ2v) is 5.66. The fourth-order valence-corrected chi connectivity index (χ4v) is 3.04. The van der Waals surface area contributed by atoms with E-state index >= 15 is 0 Å². The van der Waals surface area contributed by atoms with Gasteiger partial charge in [0.1, 0.15) is 11.8 Å². The van der Waals surface area contributed by atoms with E-state index in [1.807, 2.05) is 0 Å². The fourth-order valence-electron chi connectivity index (χ4n) is 2.86. The molecule has 0 saturated heterocycles. The number of halogens is 1. The number of hydrogen-bond acceptors (Lipinski definition) is 4. The lowest BCUT2D eigenvalue weighted by Gasteiger charge is -2.27. The number of rotatable bonds is 3. The van der Waals surface area contributed by atoms with Crippen molar-refractivity contribution in [3.63, 3.8) is 0 Å². The van der Waals surface area contributed by atoms with Crippen molar-refractivity contribution < 1.29 is 5.11 Å². The molecule has 1 saturated carbocycles. The van der Waals surface area contributed by atoms with Gasteiger partial charge in [-0.2, -0.15) is 0 Å². The molecule has 102 valence electrons. The highest BCUT2D eigenvalue weighted by Crippen LogP contribution is 2.30. The lowest BCUT2D eigenvalue weighted by atomic mass is 9.82. The molecular weight excluding hydrogens is 264 g/mol. The zero-order valence-electron chi connectivity index (χ0n) is 10.7. The first-order chi connectivity index (χ1) is 9.28. The molecule has 0 bridgehead atoms. The van der Waals surface area contributed by atoms with Crippen LogP contribution >= 0.6 is 11.6 Å². The van der Waals surface area contributed by atoms with Gasteiger partial charge in [0.25, 0.3) is 0 Å². The van der Waals surface area contributed by atoms with Gasteiger partial charge in [0.2, 0.25) is 0 Å². The van der Waals surface area contributed by atoms with Crippen molar-refractivity contribution in [2.45, 2.75) is 32.2 Å². The number of hydrogen-bond donors (Lipinski definition) is 1. The van der Waals surface area contributed by atoms with E-state index in [-0.39, 0.29) is 0 Å². The number of aromatic nitrogens is 4. The third kappa shape index (κ3) is 2.58. The van der Waals surface area contributed by atoms with Gasteiger partial charge in [-0.1, -0.05) is 11.6 Å². The van der Waals surface area contributed by atoms with Crippen molar-refractivity contribution >= 4 is 22.8 Å². The second-order valence-electron chi connectivity index (χ2n) is 5.30. The smallest absolute Gasteiger partial charge is 0.164 e. The summed E-state index contributed by atoms with van der Waals surface area (Å²) in [4.78, 5) is 12.5. The molecule has 0 radical (unpaired) electrons. The lowest BCUT2D eigenvalue weighted by Crippen LogP contribution is -2.20. The zero-order chi connectivity index (χ0) is 13.2. The molecule has 0 atom stereocenters. The van der Waals surface area contributed by atoms with Gasteiger partial charge >= 0.3 is 0 Å². The van der Waals surface area contributed by atoms with Gasteiger partial charge in [0.05, 0.1) is 6.33 Å². The summed E-state index contributed by atoms with van der Waals surface area (Å²) >= 11 is 6.00. The Bertz CT molecular complexity index is 563. The van der Waals surface area contributed by atoms with Crippen molar-refractivity contribution in [3.05, 3.63) is 17.8 Å². The van der Waals surface area contributed by atoms with E-state index in [2.05, 4.69) is 19.5 Å². The second kappa shape index (κ2) is 5.43. The summed E-state index contributed by atoms with van der Waals surface area (Å²) in [5.41, 5.74) is 1.48. The van der Waals surface area contributed by atoms with Crippen molar-refractivity contribution in [3.8, 4) is 0 Å². The highest BCUT2D eigenvalue weighted by molar-refractivity contribution is 6.33. The summed E-state index contributed by atoms with van der Waals surface area (Å²) in [6.07, 6.45) is 7.81. The Labute approximate surface area is 116 Å². The van der Waals surface area contributed by atoms with Crippen molar-refractivity contribution in [1.29, 1.82) is 0 Å². The van der Waals surface area contributed by atoms with E-state index < -0.39 is 0 Å². The van der Waals surface area contributed by atoms with Crippen LogP contribution < -0.4 is 0 Å².